The number of morpholine rings is 1. The number of imidazole rings is 1. The van der Waals surface area contributed by atoms with Gasteiger partial charge in [0.25, 0.3) is 0 Å². The van der Waals surface area contributed by atoms with E-state index in [0.717, 1.165) is 11.4 Å². The fraction of sp³-hybridized carbons (Fsp3) is 0.474. The van der Waals surface area contributed by atoms with Gasteiger partial charge >= 0.3 is 0 Å². The average molecular weight is 327 g/mol. The number of hydrogen-bond donors (Lipinski definition) is 0. The molecule has 2 heterocycles. The quantitative estimate of drug-likeness (QED) is 0.848. The molecule has 0 N–H and O–H groups in total. The Kier molecular flexibility index (Phi) is 5.30. The first-order valence-corrected chi connectivity index (χ1v) is 8.60. The summed E-state index contributed by atoms with van der Waals surface area (Å²) >= 11 is 0. The molecule has 5 heteroatoms. The molecule has 0 bridgehead atoms. The van der Waals surface area contributed by atoms with E-state index in [1.54, 1.807) is 6.20 Å². The molecule has 128 valence electrons. The largest absolute Gasteiger partial charge is 0.377 e. The molecule has 5 nitrogen and oxygen atoms in total. The van der Waals surface area contributed by atoms with Gasteiger partial charge in [0.1, 0.15) is 5.82 Å². The number of benzene rings is 1. The third-order valence-corrected chi connectivity index (χ3v) is 4.46. The van der Waals surface area contributed by atoms with Gasteiger partial charge in [-0.15, -0.1) is 0 Å². The number of amides is 1. The molecule has 1 amide bonds. The maximum absolute atomic E-state index is 12.8. The number of aryl methyl sites for hydroxylation is 1. The Bertz CT molecular complexity index is 666. The molecular formula is C19H25N3O2. The smallest absolute Gasteiger partial charge is 0.225 e. The van der Waals surface area contributed by atoms with Crippen molar-refractivity contribution in [3.8, 4) is 0 Å². The molecule has 0 radical (unpaired) electrons. The van der Waals surface area contributed by atoms with Gasteiger partial charge < -0.3 is 14.2 Å². The molecule has 0 aliphatic carbocycles. The van der Waals surface area contributed by atoms with E-state index in [1.807, 2.05) is 29.3 Å². The van der Waals surface area contributed by atoms with E-state index >= 15 is 0 Å². The lowest BCUT2D eigenvalue weighted by molar-refractivity contribution is -0.140. The molecule has 1 aromatic carbocycles. The highest BCUT2D eigenvalue weighted by atomic mass is 16.5. The highest BCUT2D eigenvalue weighted by molar-refractivity contribution is 5.76. The number of nitrogens with zero attached hydrogens (tertiary/aromatic N) is 3. The van der Waals surface area contributed by atoms with Crippen LogP contribution in [0.4, 0.5) is 0 Å². The average Bonchev–Trinajstić information content (AvgIpc) is 3.09. The van der Waals surface area contributed by atoms with Crippen LogP contribution in [-0.4, -0.2) is 40.1 Å². The first-order chi connectivity index (χ1) is 11.7. The number of carbonyl (C=O) groups is 1. The van der Waals surface area contributed by atoms with Crippen LogP contribution < -0.4 is 0 Å². The number of ether oxygens (including phenoxy) is 1. The molecule has 0 spiro atoms. The maximum Gasteiger partial charge on any atom is 0.225 e. The zero-order valence-electron chi connectivity index (χ0n) is 14.4. The fourth-order valence-electron chi connectivity index (χ4n) is 3.22. The monoisotopic (exact) mass is 327 g/mol. The second-order valence-electron chi connectivity index (χ2n) is 6.47. The lowest BCUT2D eigenvalue weighted by Gasteiger charge is -2.36. The van der Waals surface area contributed by atoms with Crippen LogP contribution in [0, 0.1) is 0 Å². The van der Waals surface area contributed by atoms with Gasteiger partial charge in [-0.2, -0.15) is 0 Å². The van der Waals surface area contributed by atoms with Crippen molar-refractivity contribution < 1.29 is 9.53 Å². The summed E-state index contributed by atoms with van der Waals surface area (Å²) in [5.41, 5.74) is 1.14. The van der Waals surface area contributed by atoms with Crippen LogP contribution in [0.1, 0.15) is 43.6 Å². The van der Waals surface area contributed by atoms with Gasteiger partial charge in [0.15, 0.2) is 0 Å². The highest BCUT2D eigenvalue weighted by Crippen LogP contribution is 2.25. The zero-order valence-corrected chi connectivity index (χ0v) is 14.4. The summed E-state index contributed by atoms with van der Waals surface area (Å²) in [4.78, 5) is 19.1. The number of aromatic nitrogens is 2. The Morgan fingerprint density at radius 2 is 2.12 bits per heavy atom. The highest BCUT2D eigenvalue weighted by Gasteiger charge is 2.28. The van der Waals surface area contributed by atoms with Gasteiger partial charge in [0.05, 0.1) is 19.3 Å². The topological polar surface area (TPSA) is 47.4 Å². The van der Waals surface area contributed by atoms with Crippen LogP contribution in [0.2, 0.25) is 0 Å². The van der Waals surface area contributed by atoms with E-state index < -0.39 is 0 Å². The maximum atomic E-state index is 12.8. The summed E-state index contributed by atoms with van der Waals surface area (Å²) < 4.78 is 7.69. The summed E-state index contributed by atoms with van der Waals surface area (Å²) in [5, 5.41) is 0. The van der Waals surface area contributed by atoms with E-state index in [1.165, 1.54) is 0 Å². The van der Waals surface area contributed by atoms with Gasteiger partial charge in [0.2, 0.25) is 5.91 Å². The van der Waals surface area contributed by atoms with Crippen LogP contribution >= 0.6 is 0 Å². The molecule has 0 unspecified atom stereocenters. The summed E-state index contributed by atoms with van der Waals surface area (Å²) in [6.07, 6.45) is 4.25. The van der Waals surface area contributed by atoms with Crippen LogP contribution in [0.15, 0.2) is 42.7 Å². The van der Waals surface area contributed by atoms with Crippen LogP contribution in [0.3, 0.4) is 0 Å². The standard InChI is InChI=1S/C19H25N3O2/c1-15(2)19-20-9-11-21(19)10-8-18(23)22-12-13-24-14-17(22)16-6-4-3-5-7-16/h3-7,9,11,15,17H,8,10,12-14H2,1-2H3/t17-/m1/s1. The van der Waals surface area contributed by atoms with E-state index in [4.69, 9.17) is 4.74 Å². The van der Waals surface area contributed by atoms with Crippen LogP contribution in [-0.2, 0) is 16.1 Å². The predicted octanol–water partition coefficient (Wildman–Crippen LogP) is 3.00. The van der Waals surface area contributed by atoms with Crippen molar-refractivity contribution in [3.05, 3.63) is 54.1 Å². The molecule has 1 aliphatic rings. The summed E-state index contributed by atoms with van der Waals surface area (Å²) in [6.45, 7) is 6.74. The summed E-state index contributed by atoms with van der Waals surface area (Å²) in [5.74, 6) is 1.57. The third-order valence-electron chi connectivity index (χ3n) is 4.46. The van der Waals surface area contributed by atoms with Crippen molar-refractivity contribution >= 4 is 5.91 Å². The van der Waals surface area contributed by atoms with E-state index in [9.17, 15) is 4.79 Å². The Hall–Kier alpha value is -2.14. The second-order valence-corrected chi connectivity index (χ2v) is 6.47. The lowest BCUT2D eigenvalue weighted by atomic mass is 10.0. The Morgan fingerprint density at radius 3 is 2.88 bits per heavy atom. The molecule has 1 aromatic heterocycles. The van der Waals surface area contributed by atoms with Crippen molar-refractivity contribution in [2.24, 2.45) is 0 Å². The predicted molar refractivity (Wildman–Crippen MR) is 92.6 cm³/mol. The van der Waals surface area contributed by atoms with Crippen molar-refractivity contribution in [2.75, 3.05) is 19.8 Å². The van der Waals surface area contributed by atoms with Gasteiger partial charge in [-0.25, -0.2) is 4.98 Å². The lowest BCUT2D eigenvalue weighted by Crippen LogP contribution is -2.43. The minimum absolute atomic E-state index is 0.0137. The minimum atomic E-state index is 0.0137. The first kappa shape index (κ1) is 16.7. The Morgan fingerprint density at radius 1 is 1.33 bits per heavy atom. The van der Waals surface area contributed by atoms with Gasteiger partial charge in [-0.3, -0.25) is 4.79 Å². The first-order valence-electron chi connectivity index (χ1n) is 8.60. The number of rotatable bonds is 5. The summed E-state index contributed by atoms with van der Waals surface area (Å²) in [6, 6.07) is 10.1. The van der Waals surface area contributed by atoms with Crippen LogP contribution in [0.5, 0.6) is 0 Å². The van der Waals surface area contributed by atoms with Crippen molar-refractivity contribution in [3.63, 3.8) is 0 Å². The normalized spacial score (nSPS) is 18.1. The zero-order chi connectivity index (χ0) is 16.9. The van der Waals surface area contributed by atoms with Gasteiger partial charge in [-0.1, -0.05) is 44.2 Å². The SMILES string of the molecule is CC(C)c1nccn1CCC(=O)N1CCOC[C@@H]1c1ccccc1. The molecule has 1 fully saturated rings. The van der Waals surface area contributed by atoms with Crippen molar-refractivity contribution in [1.29, 1.82) is 0 Å². The van der Waals surface area contributed by atoms with Crippen molar-refractivity contribution in [1.82, 2.24) is 14.5 Å². The molecule has 0 saturated carbocycles. The molecule has 1 saturated heterocycles. The molecule has 1 aliphatic heterocycles. The second kappa shape index (κ2) is 7.62. The molecule has 2 aromatic rings. The minimum Gasteiger partial charge on any atom is -0.377 e. The fourth-order valence-corrected chi connectivity index (χ4v) is 3.22. The number of hydrogen-bond acceptors (Lipinski definition) is 3. The Labute approximate surface area is 143 Å². The molecule has 24 heavy (non-hydrogen) atoms. The number of carbonyl (C=O) groups excluding carboxylic acids is 1. The Balaban J connectivity index is 1.67. The summed E-state index contributed by atoms with van der Waals surface area (Å²) in [7, 11) is 0. The van der Waals surface area contributed by atoms with E-state index in [2.05, 4.69) is 35.5 Å². The van der Waals surface area contributed by atoms with Gasteiger partial charge in [-0.05, 0) is 5.56 Å². The molecular weight excluding hydrogens is 302 g/mol. The van der Waals surface area contributed by atoms with Crippen LogP contribution in [0.25, 0.3) is 0 Å². The van der Waals surface area contributed by atoms with E-state index in [0.29, 0.717) is 38.6 Å². The van der Waals surface area contributed by atoms with Gasteiger partial charge in [0, 0.05) is 37.8 Å². The molecule has 3 rings (SSSR count). The van der Waals surface area contributed by atoms with Crippen molar-refractivity contribution in [2.45, 2.75) is 38.8 Å². The third kappa shape index (κ3) is 3.67. The van der Waals surface area contributed by atoms with E-state index in [-0.39, 0.29) is 11.9 Å². The molecule has 1 atom stereocenters.